The van der Waals surface area contributed by atoms with Crippen molar-refractivity contribution in [3.8, 4) is 0 Å². The van der Waals surface area contributed by atoms with E-state index in [1.807, 2.05) is 0 Å². The van der Waals surface area contributed by atoms with Gasteiger partial charge in [0.15, 0.2) is 5.82 Å². The molecule has 0 saturated heterocycles. The number of fused-ring (bicyclic) bond motifs is 3. The predicted molar refractivity (Wildman–Crippen MR) is 119 cm³/mol. The zero-order valence-corrected chi connectivity index (χ0v) is 18.6. The van der Waals surface area contributed by atoms with Gasteiger partial charge in [0, 0.05) is 15.3 Å². The van der Waals surface area contributed by atoms with Crippen molar-refractivity contribution in [2.45, 2.75) is 50.6 Å². The van der Waals surface area contributed by atoms with E-state index in [1.165, 1.54) is 32.2 Å². The lowest BCUT2D eigenvalue weighted by atomic mass is 9.89. The summed E-state index contributed by atoms with van der Waals surface area (Å²) in [7, 11) is 2.17. The van der Waals surface area contributed by atoms with Crippen LogP contribution in [0.25, 0.3) is 10.2 Å². The second kappa shape index (κ2) is 8.01. The Morgan fingerprint density at radius 2 is 2.11 bits per heavy atom. The number of nitrogens with zero attached hydrogens (tertiary/aromatic N) is 1. The van der Waals surface area contributed by atoms with Crippen LogP contribution in [0.1, 0.15) is 48.1 Å². The van der Waals surface area contributed by atoms with Gasteiger partial charge in [-0.15, -0.1) is 23.1 Å². The van der Waals surface area contributed by atoms with E-state index in [9.17, 15) is 4.79 Å². The molecule has 1 aliphatic rings. The number of aromatic nitrogens is 2. The minimum absolute atomic E-state index is 0.0380. The molecule has 3 atom stereocenters. The summed E-state index contributed by atoms with van der Waals surface area (Å²) in [4.78, 5) is 25.7. The fraction of sp³-hybridized carbons (Fsp3) is 0.455. The molecule has 148 valence electrons. The van der Waals surface area contributed by atoms with Gasteiger partial charge in [0.25, 0.3) is 5.56 Å². The molecule has 0 bridgehead atoms. The number of thiophene rings is 1. The molecule has 0 aliphatic heterocycles. The van der Waals surface area contributed by atoms with Gasteiger partial charge >= 0.3 is 0 Å². The molecule has 2 heterocycles. The van der Waals surface area contributed by atoms with Crippen molar-refractivity contribution < 1.29 is 4.90 Å². The Morgan fingerprint density at radius 3 is 2.82 bits per heavy atom. The summed E-state index contributed by atoms with van der Waals surface area (Å²) in [6.45, 7) is 5.34. The highest BCUT2D eigenvalue weighted by molar-refractivity contribution is 7.98. The van der Waals surface area contributed by atoms with Crippen LogP contribution < -0.4 is 10.5 Å². The van der Waals surface area contributed by atoms with E-state index in [2.05, 4.69) is 56.4 Å². The highest BCUT2D eigenvalue weighted by Gasteiger charge is 2.25. The number of rotatable bonds is 5. The molecule has 6 heteroatoms. The minimum Gasteiger partial charge on any atom is -0.325 e. The van der Waals surface area contributed by atoms with Crippen molar-refractivity contribution in [2.24, 2.45) is 5.92 Å². The number of benzene rings is 1. The lowest BCUT2D eigenvalue weighted by Crippen LogP contribution is -3.07. The van der Waals surface area contributed by atoms with E-state index in [-0.39, 0.29) is 11.6 Å². The van der Waals surface area contributed by atoms with Crippen molar-refractivity contribution in [2.75, 3.05) is 13.3 Å². The Balaban J connectivity index is 1.59. The van der Waals surface area contributed by atoms with Crippen molar-refractivity contribution in [1.82, 2.24) is 9.97 Å². The van der Waals surface area contributed by atoms with Crippen LogP contribution in [-0.2, 0) is 19.4 Å². The predicted octanol–water partition coefficient (Wildman–Crippen LogP) is 3.61. The average Bonchev–Trinajstić information content (AvgIpc) is 3.05. The van der Waals surface area contributed by atoms with Gasteiger partial charge in [0.1, 0.15) is 17.4 Å². The largest absolute Gasteiger partial charge is 0.325 e. The third-order valence-electron chi connectivity index (χ3n) is 5.98. The monoisotopic (exact) mass is 414 g/mol. The molecule has 4 rings (SSSR count). The Labute approximate surface area is 174 Å². The standard InChI is InChI=1S/C22H27N3OS2/c1-13-5-10-17-18(11-13)28-22-19(17)21(26)23-20(24-22)14(2)25(3)12-15-6-8-16(27-4)9-7-15/h6-9,13-14H,5,10-12H2,1-4H3,(H,23,24,26)/p+1/t13-,14-/m0/s1. The van der Waals surface area contributed by atoms with Gasteiger partial charge in [0.2, 0.25) is 0 Å². The lowest BCUT2D eigenvalue weighted by Gasteiger charge is -2.21. The first kappa shape index (κ1) is 19.7. The van der Waals surface area contributed by atoms with Gasteiger partial charge in [-0.25, -0.2) is 4.98 Å². The highest BCUT2D eigenvalue weighted by atomic mass is 32.2. The molecule has 0 spiro atoms. The fourth-order valence-corrected chi connectivity index (χ4v) is 5.82. The molecule has 2 aromatic heterocycles. The van der Waals surface area contributed by atoms with Gasteiger partial charge in [-0.2, -0.15) is 0 Å². The molecule has 1 unspecified atom stereocenters. The van der Waals surface area contributed by atoms with Crippen LogP contribution in [0.2, 0.25) is 0 Å². The lowest BCUT2D eigenvalue weighted by molar-refractivity contribution is -0.924. The number of hydrogen-bond donors (Lipinski definition) is 2. The highest BCUT2D eigenvalue weighted by Crippen LogP contribution is 2.35. The first-order chi connectivity index (χ1) is 13.5. The fourth-order valence-electron chi connectivity index (χ4n) is 4.02. The van der Waals surface area contributed by atoms with E-state index in [0.717, 1.165) is 35.4 Å². The maximum Gasteiger partial charge on any atom is 0.260 e. The number of thioether (sulfide) groups is 1. The quantitative estimate of drug-likeness (QED) is 0.627. The Bertz CT molecular complexity index is 1040. The molecule has 0 fully saturated rings. The van der Waals surface area contributed by atoms with E-state index in [4.69, 9.17) is 4.98 Å². The summed E-state index contributed by atoms with van der Waals surface area (Å²) in [6.07, 6.45) is 5.35. The van der Waals surface area contributed by atoms with Crippen LogP contribution in [0, 0.1) is 5.92 Å². The van der Waals surface area contributed by atoms with Gasteiger partial charge in [-0.05, 0) is 56.1 Å². The van der Waals surface area contributed by atoms with Crippen molar-refractivity contribution in [1.29, 1.82) is 0 Å². The summed E-state index contributed by atoms with van der Waals surface area (Å²) in [5, 5.41) is 0.841. The van der Waals surface area contributed by atoms with Gasteiger partial charge in [-0.3, -0.25) is 4.79 Å². The van der Waals surface area contributed by atoms with Gasteiger partial charge < -0.3 is 9.88 Å². The van der Waals surface area contributed by atoms with Crippen LogP contribution in [0.4, 0.5) is 0 Å². The van der Waals surface area contributed by atoms with Crippen molar-refractivity contribution >= 4 is 33.3 Å². The van der Waals surface area contributed by atoms with Crippen LogP contribution in [0.15, 0.2) is 34.0 Å². The molecule has 1 aliphatic carbocycles. The molecule has 1 aromatic carbocycles. The number of hydrogen-bond acceptors (Lipinski definition) is 4. The van der Waals surface area contributed by atoms with E-state index in [1.54, 1.807) is 23.1 Å². The van der Waals surface area contributed by atoms with Gasteiger partial charge in [0.05, 0.1) is 12.4 Å². The van der Waals surface area contributed by atoms with E-state index in [0.29, 0.717) is 5.92 Å². The Kier molecular flexibility index (Phi) is 5.63. The van der Waals surface area contributed by atoms with Crippen LogP contribution in [0.3, 0.4) is 0 Å². The summed E-state index contributed by atoms with van der Waals surface area (Å²) in [5.74, 6) is 1.49. The third-order valence-corrected chi connectivity index (χ3v) is 7.87. The zero-order valence-electron chi connectivity index (χ0n) is 17.0. The number of aryl methyl sites for hydroxylation is 1. The first-order valence-electron chi connectivity index (χ1n) is 9.96. The maximum absolute atomic E-state index is 12.9. The van der Waals surface area contributed by atoms with E-state index < -0.39 is 0 Å². The van der Waals surface area contributed by atoms with Crippen LogP contribution in [0.5, 0.6) is 0 Å². The maximum atomic E-state index is 12.9. The molecule has 4 nitrogen and oxygen atoms in total. The van der Waals surface area contributed by atoms with E-state index >= 15 is 0 Å². The smallest absolute Gasteiger partial charge is 0.260 e. The zero-order chi connectivity index (χ0) is 19.8. The summed E-state index contributed by atoms with van der Waals surface area (Å²) < 4.78 is 0. The van der Waals surface area contributed by atoms with Crippen molar-refractivity contribution in [3.05, 3.63) is 56.4 Å². The molecule has 0 amide bonds. The number of H-pyrrole nitrogens is 1. The normalized spacial score (nSPS) is 18.8. The molecular formula is C22H28N3OS2+. The molecular weight excluding hydrogens is 386 g/mol. The molecule has 0 saturated carbocycles. The number of nitrogens with one attached hydrogen (secondary N) is 2. The molecule has 3 aromatic rings. The average molecular weight is 415 g/mol. The van der Waals surface area contributed by atoms with Crippen LogP contribution in [-0.4, -0.2) is 23.3 Å². The van der Waals surface area contributed by atoms with Gasteiger partial charge in [-0.1, -0.05) is 19.1 Å². The minimum atomic E-state index is 0.0380. The van der Waals surface area contributed by atoms with Crippen LogP contribution >= 0.6 is 23.1 Å². The first-order valence-corrected chi connectivity index (χ1v) is 12.0. The molecule has 28 heavy (non-hydrogen) atoms. The summed E-state index contributed by atoms with van der Waals surface area (Å²) in [5.41, 5.74) is 2.59. The van der Waals surface area contributed by atoms with Crippen molar-refractivity contribution in [3.63, 3.8) is 0 Å². The Hall–Kier alpha value is -1.63. The summed E-state index contributed by atoms with van der Waals surface area (Å²) in [6, 6.07) is 8.84. The second-order valence-electron chi connectivity index (χ2n) is 8.08. The second-order valence-corrected chi connectivity index (χ2v) is 10.0. The number of quaternary nitrogens is 1. The topological polar surface area (TPSA) is 50.2 Å². The Morgan fingerprint density at radius 1 is 1.36 bits per heavy atom. The SMILES string of the molecule is CSc1ccc(C[NH+](C)[C@@H](C)c2nc3sc4c(c3c(=O)[nH]2)CC[C@H](C)C4)cc1. The molecule has 2 N–H and O–H groups in total. The molecule has 0 radical (unpaired) electrons. The third kappa shape index (κ3) is 3.78. The number of aromatic amines is 1. The summed E-state index contributed by atoms with van der Waals surface area (Å²) >= 11 is 3.48.